The lowest BCUT2D eigenvalue weighted by atomic mass is 9.87. The van der Waals surface area contributed by atoms with E-state index in [4.69, 9.17) is 9.47 Å². The predicted molar refractivity (Wildman–Crippen MR) is 145 cm³/mol. The second-order valence-electron chi connectivity index (χ2n) is 8.81. The molecular weight excluding hydrogens is 464 g/mol. The lowest BCUT2D eigenvalue weighted by molar-refractivity contribution is -0.142. The van der Waals surface area contributed by atoms with Crippen molar-refractivity contribution in [3.63, 3.8) is 0 Å². The molecule has 2 N–H and O–H groups in total. The summed E-state index contributed by atoms with van der Waals surface area (Å²) >= 11 is 0. The van der Waals surface area contributed by atoms with Crippen LogP contribution in [0.1, 0.15) is 47.7 Å². The molecule has 6 nitrogen and oxygen atoms in total. The van der Waals surface area contributed by atoms with Gasteiger partial charge in [-0.2, -0.15) is 0 Å². The molecule has 0 saturated heterocycles. The monoisotopic (exact) mass is 496 g/mol. The highest BCUT2D eigenvalue weighted by atomic mass is 16.5. The second-order valence-corrected chi connectivity index (χ2v) is 8.81. The van der Waals surface area contributed by atoms with Gasteiger partial charge in [-0.05, 0) is 36.1 Å². The van der Waals surface area contributed by atoms with Crippen LogP contribution in [0.15, 0.2) is 97.1 Å². The number of fused-ring (bicyclic) bond motifs is 1. The number of para-hydroxylation sites is 1. The molecule has 4 aromatic rings. The smallest absolute Gasteiger partial charge is 0.333 e. The Kier molecular flexibility index (Phi) is 8.54. The first-order chi connectivity index (χ1) is 18.0. The number of esters is 2. The molecule has 0 amide bonds. The number of aromatic nitrogens is 1. The van der Waals surface area contributed by atoms with Crippen molar-refractivity contribution in [2.24, 2.45) is 0 Å². The predicted octanol–water partition coefficient (Wildman–Crippen LogP) is 5.81. The SMILES string of the molecule is C=C(CC(C(=O)OC)c1c(C(NCc2ccccc2)c2ccccc2)[nH]c2ccccc12)C(=O)OCC. The van der Waals surface area contributed by atoms with Crippen molar-refractivity contribution in [3.8, 4) is 0 Å². The minimum Gasteiger partial charge on any atom is -0.469 e. The molecule has 37 heavy (non-hydrogen) atoms. The van der Waals surface area contributed by atoms with Crippen LogP contribution in [-0.2, 0) is 25.6 Å². The van der Waals surface area contributed by atoms with E-state index in [9.17, 15) is 9.59 Å². The highest BCUT2D eigenvalue weighted by Crippen LogP contribution is 2.38. The fourth-order valence-electron chi connectivity index (χ4n) is 4.64. The first-order valence-corrected chi connectivity index (χ1v) is 12.4. The van der Waals surface area contributed by atoms with Crippen LogP contribution in [-0.4, -0.2) is 30.6 Å². The Bertz CT molecular complexity index is 1360. The summed E-state index contributed by atoms with van der Waals surface area (Å²) in [5, 5.41) is 4.58. The number of nitrogens with one attached hydrogen (secondary N) is 2. The van der Waals surface area contributed by atoms with Crippen LogP contribution in [0.3, 0.4) is 0 Å². The van der Waals surface area contributed by atoms with Gasteiger partial charge in [0.15, 0.2) is 0 Å². The van der Waals surface area contributed by atoms with Crippen LogP contribution in [0.2, 0.25) is 0 Å². The Morgan fingerprint density at radius 2 is 1.59 bits per heavy atom. The molecule has 3 aromatic carbocycles. The summed E-state index contributed by atoms with van der Waals surface area (Å²) in [4.78, 5) is 29.2. The largest absolute Gasteiger partial charge is 0.469 e. The number of H-pyrrole nitrogens is 1. The van der Waals surface area contributed by atoms with E-state index < -0.39 is 17.9 Å². The van der Waals surface area contributed by atoms with Gasteiger partial charge in [0.1, 0.15) is 0 Å². The average molecular weight is 497 g/mol. The molecule has 0 aliphatic carbocycles. The van der Waals surface area contributed by atoms with Gasteiger partial charge in [0.05, 0.1) is 25.7 Å². The molecule has 0 saturated carbocycles. The van der Waals surface area contributed by atoms with Crippen molar-refractivity contribution < 1.29 is 19.1 Å². The van der Waals surface area contributed by atoms with Crippen molar-refractivity contribution in [1.82, 2.24) is 10.3 Å². The maximum Gasteiger partial charge on any atom is 0.333 e. The number of hydrogen-bond acceptors (Lipinski definition) is 5. The summed E-state index contributed by atoms with van der Waals surface area (Å²) in [6, 6.07) is 27.8. The number of ether oxygens (including phenoxy) is 2. The molecular formula is C31H32N2O4. The number of carbonyl (C=O) groups excluding carboxylic acids is 2. The number of benzene rings is 3. The van der Waals surface area contributed by atoms with Crippen molar-refractivity contribution >= 4 is 22.8 Å². The Hall–Kier alpha value is -4.16. The second kappa shape index (κ2) is 12.2. The van der Waals surface area contributed by atoms with Gasteiger partial charge < -0.3 is 19.8 Å². The van der Waals surface area contributed by atoms with E-state index >= 15 is 0 Å². The number of hydrogen-bond donors (Lipinski definition) is 2. The van der Waals surface area contributed by atoms with Crippen LogP contribution in [0.5, 0.6) is 0 Å². The molecule has 0 aliphatic rings. The summed E-state index contributed by atoms with van der Waals surface area (Å²) < 4.78 is 10.4. The van der Waals surface area contributed by atoms with Crippen LogP contribution in [0, 0.1) is 0 Å². The summed E-state index contributed by atoms with van der Waals surface area (Å²) in [6.07, 6.45) is 0.0839. The summed E-state index contributed by atoms with van der Waals surface area (Å²) in [7, 11) is 1.36. The Morgan fingerprint density at radius 3 is 2.27 bits per heavy atom. The zero-order chi connectivity index (χ0) is 26.2. The molecule has 0 aliphatic heterocycles. The summed E-state index contributed by atoms with van der Waals surface area (Å²) in [5.41, 5.74) is 4.92. The number of methoxy groups -OCH3 is 1. The third-order valence-electron chi connectivity index (χ3n) is 6.40. The van der Waals surface area contributed by atoms with Crippen LogP contribution in [0.25, 0.3) is 10.9 Å². The molecule has 6 heteroatoms. The summed E-state index contributed by atoms with van der Waals surface area (Å²) in [5.74, 6) is -1.70. The van der Waals surface area contributed by atoms with Crippen molar-refractivity contribution in [1.29, 1.82) is 0 Å². The van der Waals surface area contributed by atoms with Crippen LogP contribution >= 0.6 is 0 Å². The molecule has 1 heterocycles. The van der Waals surface area contributed by atoms with Crippen molar-refractivity contribution in [3.05, 3.63) is 119 Å². The molecule has 2 unspecified atom stereocenters. The Morgan fingerprint density at radius 1 is 0.946 bits per heavy atom. The maximum absolute atomic E-state index is 13.2. The molecule has 1 aromatic heterocycles. The minimum atomic E-state index is -0.752. The topological polar surface area (TPSA) is 80.4 Å². The highest BCUT2D eigenvalue weighted by Gasteiger charge is 2.33. The molecule has 190 valence electrons. The maximum atomic E-state index is 13.2. The third kappa shape index (κ3) is 5.98. The zero-order valence-corrected chi connectivity index (χ0v) is 21.2. The van der Waals surface area contributed by atoms with Gasteiger partial charge in [-0.15, -0.1) is 0 Å². The van der Waals surface area contributed by atoms with Gasteiger partial charge in [-0.1, -0.05) is 85.4 Å². The molecule has 0 fully saturated rings. The highest BCUT2D eigenvalue weighted by molar-refractivity contribution is 5.94. The van der Waals surface area contributed by atoms with Gasteiger partial charge in [-0.25, -0.2) is 4.79 Å². The number of aromatic amines is 1. The number of rotatable bonds is 11. The fraction of sp³-hybridized carbons (Fsp3) is 0.226. The molecule has 0 spiro atoms. The molecule has 4 rings (SSSR count). The lowest BCUT2D eigenvalue weighted by Crippen LogP contribution is -2.26. The Labute approximate surface area is 217 Å². The minimum absolute atomic E-state index is 0.0839. The first kappa shape index (κ1) is 25.9. The standard InChI is InChI=1S/C31H32N2O4/c1-4-37-30(34)21(2)19-25(31(35)36-3)27-24-17-11-12-18-26(24)33-29(27)28(23-15-9-6-10-16-23)32-20-22-13-7-5-8-14-22/h5-18,25,28,32-33H,2,4,19-20H2,1,3H3. The summed E-state index contributed by atoms with van der Waals surface area (Å²) in [6.45, 7) is 6.51. The molecule has 0 bridgehead atoms. The van der Waals surface area contributed by atoms with E-state index in [0.29, 0.717) is 6.54 Å². The first-order valence-electron chi connectivity index (χ1n) is 12.4. The van der Waals surface area contributed by atoms with E-state index in [0.717, 1.165) is 33.3 Å². The van der Waals surface area contributed by atoms with Gasteiger partial charge in [0, 0.05) is 28.7 Å². The van der Waals surface area contributed by atoms with Gasteiger partial charge in [-0.3, -0.25) is 4.79 Å². The van der Waals surface area contributed by atoms with Crippen LogP contribution < -0.4 is 5.32 Å². The van der Waals surface area contributed by atoms with Crippen LogP contribution in [0.4, 0.5) is 0 Å². The normalized spacial score (nSPS) is 12.6. The van der Waals surface area contributed by atoms with Gasteiger partial charge in [0.2, 0.25) is 0 Å². The van der Waals surface area contributed by atoms with Crippen molar-refractivity contribution in [2.45, 2.75) is 31.8 Å². The number of carbonyl (C=O) groups is 2. The van der Waals surface area contributed by atoms with E-state index in [1.54, 1.807) is 6.92 Å². The molecule has 0 radical (unpaired) electrons. The Balaban J connectivity index is 1.84. The third-order valence-corrected chi connectivity index (χ3v) is 6.40. The van der Waals surface area contributed by atoms with E-state index in [1.807, 2.05) is 60.7 Å². The van der Waals surface area contributed by atoms with E-state index in [1.165, 1.54) is 7.11 Å². The fourth-order valence-corrected chi connectivity index (χ4v) is 4.64. The molecule has 2 atom stereocenters. The van der Waals surface area contributed by atoms with Gasteiger partial charge in [0.25, 0.3) is 0 Å². The van der Waals surface area contributed by atoms with E-state index in [2.05, 4.69) is 41.1 Å². The lowest BCUT2D eigenvalue weighted by Gasteiger charge is -2.24. The van der Waals surface area contributed by atoms with Gasteiger partial charge >= 0.3 is 11.9 Å². The zero-order valence-electron chi connectivity index (χ0n) is 21.2. The quantitative estimate of drug-likeness (QED) is 0.202. The van der Waals surface area contributed by atoms with E-state index in [-0.39, 0.29) is 24.6 Å². The van der Waals surface area contributed by atoms with Crippen molar-refractivity contribution in [2.75, 3.05) is 13.7 Å². The average Bonchev–Trinajstić information content (AvgIpc) is 3.31.